The standard InChI is InChI=1S/C22H25NO5/c1-12(24)3-8-18(26)27-17-7-4-13-11-15-14-5-6-16(25)21-22(14,9-10-23(15)2)19(13)20(17)28-21/h4-7,14-16,21,25H,3,8-11H2,1-2H3/t14-,15+,16-,21-,22-/m0/s1. The quantitative estimate of drug-likeness (QED) is 0.485. The number of piperidine rings is 1. The Morgan fingerprint density at radius 2 is 2.14 bits per heavy atom. The minimum Gasteiger partial charge on any atom is -0.482 e. The average Bonchev–Trinajstić information content (AvgIpc) is 3.01. The van der Waals surface area contributed by atoms with Gasteiger partial charge in [0.15, 0.2) is 11.5 Å². The van der Waals surface area contributed by atoms with Crippen molar-refractivity contribution in [3.05, 3.63) is 35.4 Å². The highest BCUT2D eigenvalue weighted by Crippen LogP contribution is 2.62. The van der Waals surface area contributed by atoms with Crippen molar-refractivity contribution in [1.29, 1.82) is 0 Å². The third-order valence-electron chi connectivity index (χ3n) is 7.04. The van der Waals surface area contributed by atoms with Gasteiger partial charge in [-0.05, 0) is 45.0 Å². The highest BCUT2D eigenvalue weighted by atomic mass is 16.6. The van der Waals surface area contributed by atoms with Crippen molar-refractivity contribution in [2.24, 2.45) is 5.92 Å². The van der Waals surface area contributed by atoms with Crippen LogP contribution in [-0.4, -0.2) is 53.6 Å². The summed E-state index contributed by atoms with van der Waals surface area (Å²) in [5.41, 5.74) is 2.07. The molecule has 6 nitrogen and oxygen atoms in total. The van der Waals surface area contributed by atoms with Crippen molar-refractivity contribution < 1.29 is 24.2 Å². The second-order valence-electron chi connectivity index (χ2n) is 8.59. The molecule has 0 radical (unpaired) electrons. The summed E-state index contributed by atoms with van der Waals surface area (Å²) in [7, 11) is 2.16. The summed E-state index contributed by atoms with van der Waals surface area (Å²) in [4.78, 5) is 25.8. The zero-order valence-corrected chi connectivity index (χ0v) is 16.2. The second-order valence-corrected chi connectivity index (χ2v) is 8.59. The van der Waals surface area contributed by atoms with E-state index in [0.29, 0.717) is 17.5 Å². The van der Waals surface area contributed by atoms with Gasteiger partial charge in [0.1, 0.15) is 18.0 Å². The normalized spacial score (nSPS) is 34.5. The van der Waals surface area contributed by atoms with E-state index in [1.165, 1.54) is 12.5 Å². The van der Waals surface area contributed by atoms with Crippen LogP contribution in [0.5, 0.6) is 11.5 Å². The van der Waals surface area contributed by atoms with Crippen LogP contribution in [0, 0.1) is 5.92 Å². The van der Waals surface area contributed by atoms with Crippen LogP contribution in [0.1, 0.15) is 37.3 Å². The third kappa shape index (κ3) is 2.34. The number of hydrogen-bond acceptors (Lipinski definition) is 6. The Bertz CT molecular complexity index is 893. The molecule has 1 fully saturated rings. The number of carbonyl (C=O) groups is 2. The maximum absolute atomic E-state index is 12.2. The van der Waals surface area contributed by atoms with Gasteiger partial charge in [-0.3, -0.25) is 4.79 Å². The number of likely N-dealkylation sites (tertiary alicyclic amines) is 1. The number of hydrogen-bond donors (Lipinski definition) is 1. The lowest BCUT2D eigenvalue weighted by atomic mass is 9.53. The smallest absolute Gasteiger partial charge is 0.311 e. The molecule has 0 amide bonds. The van der Waals surface area contributed by atoms with E-state index in [4.69, 9.17) is 9.47 Å². The van der Waals surface area contributed by atoms with Gasteiger partial charge in [0.25, 0.3) is 0 Å². The second kappa shape index (κ2) is 6.16. The molecule has 4 aliphatic rings. The van der Waals surface area contributed by atoms with Gasteiger partial charge in [0.2, 0.25) is 0 Å². The molecule has 2 heterocycles. The summed E-state index contributed by atoms with van der Waals surface area (Å²) in [6, 6.07) is 4.21. The Kier molecular flexibility index (Phi) is 3.93. The number of benzene rings is 1. The average molecular weight is 383 g/mol. The Balaban J connectivity index is 1.57. The van der Waals surface area contributed by atoms with Crippen molar-refractivity contribution in [3.63, 3.8) is 0 Å². The number of carbonyl (C=O) groups excluding carboxylic acids is 2. The fourth-order valence-corrected chi connectivity index (χ4v) is 5.76. The lowest BCUT2D eigenvalue weighted by Gasteiger charge is -2.56. The Hall–Kier alpha value is -2.18. The first-order valence-corrected chi connectivity index (χ1v) is 10.0. The van der Waals surface area contributed by atoms with E-state index in [1.54, 1.807) is 6.07 Å². The zero-order valence-electron chi connectivity index (χ0n) is 16.2. The molecule has 28 heavy (non-hydrogen) atoms. The predicted octanol–water partition coefficient (Wildman–Crippen LogP) is 1.77. The molecule has 5 rings (SSSR count). The molecule has 0 aromatic heterocycles. The molecule has 2 bridgehead atoms. The molecule has 0 unspecified atom stereocenters. The minimum atomic E-state index is -0.681. The van der Waals surface area contributed by atoms with Crippen molar-refractivity contribution in [1.82, 2.24) is 4.90 Å². The van der Waals surface area contributed by atoms with E-state index in [9.17, 15) is 14.7 Å². The molecule has 1 aromatic carbocycles. The van der Waals surface area contributed by atoms with Crippen molar-refractivity contribution in [2.75, 3.05) is 13.6 Å². The maximum Gasteiger partial charge on any atom is 0.311 e. The van der Waals surface area contributed by atoms with Crippen LogP contribution >= 0.6 is 0 Å². The molecule has 148 valence electrons. The van der Waals surface area contributed by atoms with Gasteiger partial charge in [-0.2, -0.15) is 0 Å². The fourth-order valence-electron chi connectivity index (χ4n) is 5.76. The minimum absolute atomic E-state index is 0.0394. The van der Waals surface area contributed by atoms with E-state index in [-0.39, 0.29) is 36.1 Å². The largest absolute Gasteiger partial charge is 0.482 e. The van der Waals surface area contributed by atoms with Crippen LogP contribution < -0.4 is 9.47 Å². The van der Waals surface area contributed by atoms with E-state index < -0.39 is 12.1 Å². The molecule has 0 saturated carbocycles. The number of aliphatic hydroxyl groups excluding tert-OH is 1. The Morgan fingerprint density at radius 3 is 2.93 bits per heavy atom. The highest BCUT2D eigenvalue weighted by molar-refractivity contribution is 5.82. The van der Waals surface area contributed by atoms with Crippen molar-refractivity contribution >= 4 is 11.8 Å². The molecule has 1 saturated heterocycles. The first kappa shape index (κ1) is 17.9. The van der Waals surface area contributed by atoms with Gasteiger partial charge >= 0.3 is 5.97 Å². The number of ether oxygens (including phenoxy) is 2. The number of Topliss-reactive ketones (excluding diaryl/α,β-unsaturated/α-hetero) is 1. The van der Waals surface area contributed by atoms with Crippen LogP contribution in [0.25, 0.3) is 0 Å². The summed E-state index contributed by atoms with van der Waals surface area (Å²) >= 11 is 0. The summed E-state index contributed by atoms with van der Waals surface area (Å²) in [5.74, 6) is 0.808. The lowest BCUT2D eigenvalue weighted by molar-refractivity contribution is -0.136. The topological polar surface area (TPSA) is 76.1 Å². The maximum atomic E-state index is 12.2. The van der Waals surface area contributed by atoms with Gasteiger partial charge in [-0.15, -0.1) is 0 Å². The molecular weight excluding hydrogens is 358 g/mol. The van der Waals surface area contributed by atoms with Crippen LogP contribution in [0.15, 0.2) is 24.3 Å². The molecular formula is C22H25NO5. The van der Waals surface area contributed by atoms with Crippen molar-refractivity contribution in [2.45, 2.75) is 56.3 Å². The van der Waals surface area contributed by atoms with Crippen LogP contribution in [0.2, 0.25) is 0 Å². The molecule has 1 N–H and O–H groups in total. The van der Waals surface area contributed by atoms with Crippen molar-refractivity contribution in [3.8, 4) is 11.5 Å². The van der Waals surface area contributed by atoms with Gasteiger partial charge in [-0.25, -0.2) is 0 Å². The summed E-state index contributed by atoms with van der Waals surface area (Å²) in [6.07, 6.45) is 5.03. The van der Waals surface area contributed by atoms with Gasteiger partial charge in [0, 0.05) is 29.4 Å². The summed E-state index contributed by atoms with van der Waals surface area (Å²) in [6.45, 7) is 2.41. The molecule has 2 aliphatic heterocycles. The zero-order chi connectivity index (χ0) is 19.6. The molecule has 1 spiro atoms. The van der Waals surface area contributed by atoms with E-state index in [2.05, 4.69) is 18.0 Å². The number of esters is 1. The first-order chi connectivity index (χ1) is 13.4. The fraction of sp³-hybridized carbons (Fsp3) is 0.545. The number of ketones is 1. The molecule has 1 aromatic rings. The van der Waals surface area contributed by atoms with E-state index in [1.807, 2.05) is 12.1 Å². The van der Waals surface area contributed by atoms with Crippen LogP contribution in [0.4, 0.5) is 0 Å². The molecule has 6 heteroatoms. The number of aliphatic hydroxyl groups is 1. The van der Waals surface area contributed by atoms with E-state index in [0.717, 1.165) is 24.9 Å². The SMILES string of the molecule is CC(=O)CCC(=O)Oc1ccc2c3c1O[C@H]1[C@@H](O)C=C[C@H]4[C@@H](C2)N(C)CC[C@@]341. The van der Waals surface area contributed by atoms with E-state index >= 15 is 0 Å². The number of rotatable bonds is 4. The first-order valence-electron chi connectivity index (χ1n) is 10.0. The van der Waals surface area contributed by atoms with Gasteiger partial charge in [0.05, 0.1) is 6.42 Å². The van der Waals surface area contributed by atoms with Crippen LogP contribution in [0.3, 0.4) is 0 Å². The molecule has 2 aliphatic carbocycles. The third-order valence-corrected chi connectivity index (χ3v) is 7.04. The monoisotopic (exact) mass is 383 g/mol. The van der Waals surface area contributed by atoms with Crippen LogP contribution in [-0.2, 0) is 21.4 Å². The summed E-state index contributed by atoms with van der Waals surface area (Å²) in [5, 5.41) is 10.7. The summed E-state index contributed by atoms with van der Waals surface area (Å²) < 4.78 is 11.9. The number of likely N-dealkylation sites (N-methyl/N-ethyl adjacent to an activating group) is 1. The highest BCUT2D eigenvalue weighted by Gasteiger charge is 2.64. The predicted molar refractivity (Wildman–Crippen MR) is 101 cm³/mol. The lowest BCUT2D eigenvalue weighted by Crippen LogP contribution is -2.64. The van der Waals surface area contributed by atoms with Gasteiger partial charge < -0.3 is 24.3 Å². The Morgan fingerprint density at radius 1 is 1.32 bits per heavy atom. The Labute approximate surface area is 164 Å². The van der Waals surface area contributed by atoms with Gasteiger partial charge in [-0.1, -0.05) is 18.2 Å². The molecule has 5 atom stereocenters. The number of nitrogens with zero attached hydrogens (tertiary/aromatic N) is 1.